The Morgan fingerprint density at radius 2 is 1.67 bits per heavy atom. The molecule has 0 saturated carbocycles. The molecule has 0 aromatic rings. The zero-order chi connectivity index (χ0) is 11.9. The first-order valence-corrected chi connectivity index (χ1v) is 8.42. The van der Waals surface area contributed by atoms with Crippen molar-refractivity contribution >= 4 is 8.32 Å². The summed E-state index contributed by atoms with van der Waals surface area (Å²) in [6.07, 6.45) is 1.34. The highest BCUT2D eigenvalue weighted by Crippen LogP contribution is 2.36. The zero-order valence-corrected chi connectivity index (χ0v) is 11.7. The topological polar surface area (TPSA) is 29.5 Å². The predicted molar refractivity (Wildman–Crippen MR) is 67.2 cm³/mol. The van der Waals surface area contributed by atoms with E-state index < -0.39 is 8.32 Å². The van der Waals surface area contributed by atoms with Crippen LogP contribution >= 0.6 is 0 Å². The van der Waals surface area contributed by atoms with Gasteiger partial charge in [0.2, 0.25) is 0 Å². The van der Waals surface area contributed by atoms with Crippen LogP contribution < -0.4 is 0 Å². The van der Waals surface area contributed by atoms with Crippen molar-refractivity contribution in [3.05, 3.63) is 0 Å². The van der Waals surface area contributed by atoms with Gasteiger partial charge in [-0.1, -0.05) is 20.8 Å². The van der Waals surface area contributed by atoms with Gasteiger partial charge in [-0.2, -0.15) is 0 Å². The molecular weight excluding hydrogens is 204 g/mol. The van der Waals surface area contributed by atoms with Crippen molar-refractivity contribution < 1.29 is 9.53 Å². The first-order chi connectivity index (χ1) is 6.81. The lowest BCUT2D eigenvalue weighted by Crippen LogP contribution is -2.40. The quantitative estimate of drug-likeness (QED) is 0.455. The van der Waals surface area contributed by atoms with E-state index in [4.69, 9.17) is 9.53 Å². The Labute approximate surface area is 95.2 Å². The lowest BCUT2D eigenvalue weighted by molar-refractivity contribution is 0.296. The van der Waals surface area contributed by atoms with Crippen LogP contribution in [0.15, 0.2) is 0 Å². The third-order valence-electron chi connectivity index (χ3n) is 2.86. The highest BCUT2D eigenvalue weighted by molar-refractivity contribution is 6.74. The van der Waals surface area contributed by atoms with Crippen LogP contribution in [0.2, 0.25) is 18.1 Å². The van der Waals surface area contributed by atoms with E-state index in [2.05, 4.69) is 45.7 Å². The number of aliphatic hydroxyl groups excluding tert-OH is 1. The Hall–Kier alpha value is -0.303. The van der Waals surface area contributed by atoms with Crippen molar-refractivity contribution in [3.8, 4) is 11.8 Å². The van der Waals surface area contributed by atoms with E-state index in [-0.39, 0.29) is 11.6 Å². The summed E-state index contributed by atoms with van der Waals surface area (Å²) in [4.78, 5) is 0. The molecule has 0 aliphatic carbocycles. The molecule has 0 atom stereocenters. The molecular formula is C12H24O2Si. The van der Waals surface area contributed by atoms with Crippen LogP contribution in [0.3, 0.4) is 0 Å². The van der Waals surface area contributed by atoms with E-state index in [0.717, 1.165) is 13.0 Å². The first-order valence-electron chi connectivity index (χ1n) is 5.52. The second kappa shape index (κ2) is 6.32. The van der Waals surface area contributed by atoms with Crippen LogP contribution in [-0.2, 0) is 4.43 Å². The average molecular weight is 228 g/mol. The van der Waals surface area contributed by atoms with E-state index in [9.17, 15) is 0 Å². The Morgan fingerprint density at radius 3 is 2.13 bits per heavy atom. The fourth-order valence-corrected chi connectivity index (χ4v) is 1.85. The molecule has 0 amide bonds. The third kappa shape index (κ3) is 5.98. The lowest BCUT2D eigenvalue weighted by Gasteiger charge is -2.35. The van der Waals surface area contributed by atoms with Crippen molar-refractivity contribution in [2.24, 2.45) is 0 Å². The highest BCUT2D eigenvalue weighted by atomic mass is 28.4. The zero-order valence-electron chi connectivity index (χ0n) is 10.7. The van der Waals surface area contributed by atoms with Gasteiger partial charge in [-0.3, -0.25) is 0 Å². The largest absolute Gasteiger partial charge is 0.416 e. The summed E-state index contributed by atoms with van der Waals surface area (Å²) < 4.78 is 5.95. The van der Waals surface area contributed by atoms with E-state index in [0.29, 0.717) is 6.42 Å². The van der Waals surface area contributed by atoms with E-state index >= 15 is 0 Å². The van der Waals surface area contributed by atoms with Crippen LogP contribution in [0.4, 0.5) is 0 Å². The van der Waals surface area contributed by atoms with Crippen LogP contribution in [0.5, 0.6) is 0 Å². The molecule has 1 N–H and O–H groups in total. The van der Waals surface area contributed by atoms with Crippen molar-refractivity contribution in [1.82, 2.24) is 0 Å². The van der Waals surface area contributed by atoms with E-state index in [1.165, 1.54) is 0 Å². The number of hydrogen-bond acceptors (Lipinski definition) is 2. The molecule has 88 valence electrons. The molecule has 2 nitrogen and oxygen atoms in total. The molecule has 0 bridgehead atoms. The van der Waals surface area contributed by atoms with E-state index in [1.54, 1.807) is 0 Å². The minimum absolute atomic E-state index is 0.149. The molecule has 0 heterocycles. The summed E-state index contributed by atoms with van der Waals surface area (Å²) in [5, 5.41) is 8.80. The Balaban J connectivity index is 3.83. The van der Waals surface area contributed by atoms with Gasteiger partial charge in [-0.25, -0.2) is 0 Å². The maximum atomic E-state index is 8.53. The normalized spacial score (nSPS) is 12.1. The van der Waals surface area contributed by atoms with Gasteiger partial charge in [-0.05, 0) is 18.1 Å². The smallest absolute Gasteiger partial charge is 0.192 e. The molecule has 0 aliphatic rings. The van der Waals surface area contributed by atoms with Gasteiger partial charge in [0.05, 0.1) is 6.61 Å². The maximum absolute atomic E-state index is 8.53. The van der Waals surface area contributed by atoms with Crippen molar-refractivity contribution in [2.75, 3.05) is 13.2 Å². The molecule has 3 heteroatoms. The number of aliphatic hydroxyl groups is 1. The fraction of sp³-hybridized carbons (Fsp3) is 0.833. The van der Waals surface area contributed by atoms with Crippen molar-refractivity contribution in [3.63, 3.8) is 0 Å². The molecule has 15 heavy (non-hydrogen) atoms. The molecule has 0 fully saturated rings. The van der Waals surface area contributed by atoms with Gasteiger partial charge >= 0.3 is 0 Å². The van der Waals surface area contributed by atoms with Crippen molar-refractivity contribution in [2.45, 2.75) is 51.7 Å². The second-order valence-electron chi connectivity index (χ2n) is 5.19. The molecule has 0 spiro atoms. The fourth-order valence-electron chi connectivity index (χ4n) is 0.806. The highest BCUT2D eigenvalue weighted by Gasteiger charge is 2.36. The standard InChI is InChI=1S/C12H24O2Si/c1-12(2,3)15(4,5)14-11-9-7-6-8-10-13/h13H,8-11H2,1-5H3. The number of rotatable bonds is 4. The van der Waals surface area contributed by atoms with Gasteiger partial charge in [0.1, 0.15) is 0 Å². The Morgan fingerprint density at radius 1 is 1.13 bits per heavy atom. The SMILES string of the molecule is CC(C)(C)[Si](C)(C)OCCC#CCCO. The minimum atomic E-state index is -1.59. The first kappa shape index (κ1) is 14.7. The van der Waals surface area contributed by atoms with Crippen molar-refractivity contribution in [1.29, 1.82) is 0 Å². The number of hydrogen-bond donors (Lipinski definition) is 1. The molecule has 0 rings (SSSR count). The summed E-state index contributed by atoms with van der Waals surface area (Å²) in [6.45, 7) is 12.1. The predicted octanol–water partition coefficient (Wildman–Crippen LogP) is 2.78. The molecule has 0 aromatic heterocycles. The monoisotopic (exact) mass is 228 g/mol. The van der Waals surface area contributed by atoms with Crippen LogP contribution in [0.25, 0.3) is 0 Å². The van der Waals surface area contributed by atoms with Gasteiger partial charge in [0.25, 0.3) is 0 Å². The maximum Gasteiger partial charge on any atom is 0.192 e. The summed E-state index contributed by atoms with van der Waals surface area (Å²) >= 11 is 0. The van der Waals surface area contributed by atoms with Gasteiger partial charge in [0, 0.05) is 19.4 Å². The summed E-state index contributed by atoms with van der Waals surface area (Å²) in [5.74, 6) is 5.89. The third-order valence-corrected chi connectivity index (χ3v) is 7.40. The second-order valence-corrected chi connectivity index (χ2v) is 10.00. The summed E-state index contributed by atoms with van der Waals surface area (Å²) in [7, 11) is -1.59. The van der Waals surface area contributed by atoms with Crippen LogP contribution in [0.1, 0.15) is 33.6 Å². The van der Waals surface area contributed by atoms with E-state index in [1.807, 2.05) is 0 Å². The molecule has 0 radical (unpaired) electrons. The van der Waals surface area contributed by atoms with Crippen LogP contribution in [-0.4, -0.2) is 26.6 Å². The molecule has 0 saturated heterocycles. The Bertz CT molecular complexity index is 230. The molecule has 0 aromatic carbocycles. The Kier molecular flexibility index (Phi) is 6.19. The van der Waals surface area contributed by atoms with Crippen LogP contribution in [0, 0.1) is 11.8 Å². The molecule has 0 aliphatic heterocycles. The summed E-state index contributed by atoms with van der Waals surface area (Å²) in [5.41, 5.74) is 0. The average Bonchev–Trinajstić information content (AvgIpc) is 2.09. The molecule has 0 unspecified atom stereocenters. The lowest BCUT2D eigenvalue weighted by atomic mass is 10.2. The summed E-state index contributed by atoms with van der Waals surface area (Å²) in [6, 6.07) is 0. The van der Waals surface area contributed by atoms with Gasteiger partial charge in [0.15, 0.2) is 8.32 Å². The van der Waals surface area contributed by atoms with Gasteiger partial charge < -0.3 is 9.53 Å². The van der Waals surface area contributed by atoms with Gasteiger partial charge in [-0.15, -0.1) is 11.8 Å². The minimum Gasteiger partial charge on any atom is -0.416 e.